The van der Waals surface area contributed by atoms with Gasteiger partial charge in [-0.1, -0.05) is 46.8 Å². The van der Waals surface area contributed by atoms with Gasteiger partial charge in [0.15, 0.2) is 4.34 Å². The molecule has 1 aromatic carbocycles. The number of nitrogens with zero attached hydrogens (tertiary/aromatic N) is 3. The molecule has 2 aromatic heterocycles. The number of hydrogen-bond acceptors (Lipinski definition) is 7. The Labute approximate surface area is 164 Å². The number of pyridine rings is 1. The van der Waals surface area contributed by atoms with Gasteiger partial charge in [0.1, 0.15) is 5.82 Å². The van der Waals surface area contributed by atoms with Crippen molar-refractivity contribution in [3.05, 3.63) is 53.2 Å². The quantitative estimate of drug-likeness (QED) is 0.575. The van der Waals surface area contributed by atoms with Crippen LogP contribution in [0.5, 0.6) is 0 Å². The van der Waals surface area contributed by atoms with Crippen molar-refractivity contribution in [2.24, 2.45) is 0 Å². The Bertz CT molecular complexity index is 900. The maximum atomic E-state index is 12.3. The van der Waals surface area contributed by atoms with Gasteiger partial charge in [0, 0.05) is 11.9 Å². The van der Waals surface area contributed by atoms with Crippen molar-refractivity contribution in [3.8, 4) is 0 Å². The summed E-state index contributed by atoms with van der Waals surface area (Å²) in [6, 6.07) is 11.3. The van der Waals surface area contributed by atoms with Gasteiger partial charge in [-0.25, -0.2) is 4.98 Å². The molecule has 0 aliphatic heterocycles. The summed E-state index contributed by atoms with van der Waals surface area (Å²) in [5.41, 5.74) is 2.12. The summed E-state index contributed by atoms with van der Waals surface area (Å²) in [5, 5.41) is 15.1. The fourth-order valence-electron chi connectivity index (χ4n) is 2.04. The summed E-state index contributed by atoms with van der Waals surface area (Å²) in [7, 11) is 0. The smallest absolute Gasteiger partial charge is 0.238 e. The number of aryl methyl sites for hydroxylation is 1. The van der Waals surface area contributed by atoms with Gasteiger partial charge in [-0.2, -0.15) is 0 Å². The van der Waals surface area contributed by atoms with Crippen molar-refractivity contribution in [3.63, 3.8) is 0 Å². The second-order valence-corrected chi connectivity index (χ2v) is 8.48. The van der Waals surface area contributed by atoms with Crippen molar-refractivity contribution in [2.45, 2.75) is 23.4 Å². The van der Waals surface area contributed by atoms with Gasteiger partial charge in [-0.3, -0.25) is 4.79 Å². The Kier molecular flexibility index (Phi) is 6.08. The molecule has 2 N–H and O–H groups in total. The monoisotopic (exact) mass is 405 g/mol. The molecular formula is C17H16ClN5OS2. The van der Waals surface area contributed by atoms with Crippen LogP contribution < -0.4 is 10.6 Å². The van der Waals surface area contributed by atoms with E-state index in [1.165, 1.54) is 29.3 Å². The number of thioether (sulfide) groups is 1. The number of hydrogen-bond donors (Lipinski definition) is 2. The van der Waals surface area contributed by atoms with E-state index in [9.17, 15) is 4.79 Å². The number of carbonyl (C=O) groups excluding carboxylic acids is 1. The van der Waals surface area contributed by atoms with Crippen LogP contribution >= 0.6 is 34.7 Å². The van der Waals surface area contributed by atoms with Crippen LogP contribution in [0.3, 0.4) is 0 Å². The molecule has 3 rings (SSSR count). The highest BCUT2D eigenvalue weighted by atomic mass is 35.5. The van der Waals surface area contributed by atoms with E-state index in [1.54, 1.807) is 12.1 Å². The molecule has 6 nitrogen and oxygen atoms in total. The third-order valence-corrected chi connectivity index (χ3v) is 5.55. The second kappa shape index (κ2) is 8.48. The number of amides is 1. The van der Waals surface area contributed by atoms with E-state index in [-0.39, 0.29) is 11.2 Å². The lowest BCUT2D eigenvalue weighted by Crippen LogP contribution is -2.22. The summed E-state index contributed by atoms with van der Waals surface area (Å²) in [5.74, 6) is 0.305. The zero-order valence-corrected chi connectivity index (χ0v) is 16.5. The largest absolute Gasteiger partial charge is 0.330 e. The Hall–Kier alpha value is -2.16. The first-order chi connectivity index (χ1) is 12.5. The Morgan fingerprint density at radius 3 is 2.85 bits per heavy atom. The summed E-state index contributed by atoms with van der Waals surface area (Å²) < 4.78 is 0.715. The molecule has 2 heterocycles. The minimum absolute atomic E-state index is 0.159. The molecule has 0 saturated heterocycles. The van der Waals surface area contributed by atoms with Gasteiger partial charge in [-0.15, -0.1) is 10.2 Å². The van der Waals surface area contributed by atoms with E-state index >= 15 is 0 Å². The average Bonchev–Trinajstić information content (AvgIpc) is 3.03. The van der Waals surface area contributed by atoms with Crippen molar-refractivity contribution in [1.82, 2.24) is 15.2 Å². The summed E-state index contributed by atoms with van der Waals surface area (Å²) in [6.45, 7) is 3.84. The first-order valence-electron chi connectivity index (χ1n) is 7.76. The minimum atomic E-state index is -0.341. The predicted molar refractivity (Wildman–Crippen MR) is 108 cm³/mol. The molecular weight excluding hydrogens is 390 g/mol. The standard InChI is InChI=1S/C17H16ClN5OS2/c1-10-4-3-5-13(8-10)20-16-22-23-17(26-16)25-11(2)15(24)21-14-7-6-12(18)9-19-14/h3-9,11H,1-2H3,(H,20,22)(H,19,21,24)/t11-/m0/s1. The topological polar surface area (TPSA) is 79.8 Å². The van der Waals surface area contributed by atoms with Crippen LogP contribution in [0, 0.1) is 6.92 Å². The first-order valence-corrected chi connectivity index (χ1v) is 9.83. The zero-order valence-electron chi connectivity index (χ0n) is 14.1. The molecule has 0 spiro atoms. The van der Waals surface area contributed by atoms with E-state index in [0.29, 0.717) is 20.3 Å². The molecule has 0 radical (unpaired) electrons. The number of rotatable bonds is 6. The molecule has 0 fully saturated rings. The normalized spacial score (nSPS) is 11.8. The SMILES string of the molecule is Cc1cccc(Nc2nnc(S[C@@H](C)C(=O)Nc3ccc(Cl)cn3)s2)c1. The number of nitrogens with one attached hydrogen (secondary N) is 2. The van der Waals surface area contributed by atoms with Crippen molar-refractivity contribution >= 4 is 57.2 Å². The number of aromatic nitrogens is 3. The zero-order chi connectivity index (χ0) is 18.5. The highest BCUT2D eigenvalue weighted by Crippen LogP contribution is 2.31. The Morgan fingerprint density at radius 2 is 2.12 bits per heavy atom. The van der Waals surface area contributed by atoms with Gasteiger partial charge in [0.25, 0.3) is 0 Å². The summed E-state index contributed by atoms with van der Waals surface area (Å²) in [6.07, 6.45) is 1.49. The lowest BCUT2D eigenvalue weighted by atomic mass is 10.2. The van der Waals surface area contributed by atoms with Gasteiger partial charge < -0.3 is 10.6 Å². The van der Waals surface area contributed by atoms with Gasteiger partial charge in [0.2, 0.25) is 11.0 Å². The van der Waals surface area contributed by atoms with Gasteiger partial charge in [0.05, 0.1) is 10.3 Å². The lowest BCUT2D eigenvalue weighted by molar-refractivity contribution is -0.115. The van der Waals surface area contributed by atoms with Gasteiger partial charge in [-0.05, 0) is 43.7 Å². The fraction of sp³-hybridized carbons (Fsp3) is 0.176. The molecule has 3 aromatic rings. The van der Waals surface area contributed by atoms with E-state index < -0.39 is 0 Å². The number of halogens is 1. The molecule has 9 heteroatoms. The van der Waals surface area contributed by atoms with E-state index in [1.807, 2.05) is 38.1 Å². The van der Waals surface area contributed by atoms with Crippen LogP contribution in [-0.2, 0) is 4.79 Å². The molecule has 1 atom stereocenters. The van der Waals surface area contributed by atoms with Crippen LogP contribution in [0.2, 0.25) is 5.02 Å². The lowest BCUT2D eigenvalue weighted by Gasteiger charge is -2.09. The third kappa shape index (κ3) is 5.17. The summed E-state index contributed by atoms with van der Waals surface area (Å²) in [4.78, 5) is 16.3. The molecule has 0 aliphatic rings. The third-order valence-electron chi connectivity index (χ3n) is 3.30. The van der Waals surface area contributed by atoms with Crippen molar-refractivity contribution in [1.29, 1.82) is 0 Å². The molecule has 0 bridgehead atoms. The number of benzene rings is 1. The maximum Gasteiger partial charge on any atom is 0.238 e. The summed E-state index contributed by atoms with van der Waals surface area (Å²) >= 11 is 8.54. The van der Waals surface area contributed by atoms with Crippen LogP contribution in [0.15, 0.2) is 46.9 Å². The first kappa shape index (κ1) is 18.6. The van der Waals surface area contributed by atoms with Crippen LogP contribution in [0.4, 0.5) is 16.6 Å². The predicted octanol–water partition coefficient (Wildman–Crippen LogP) is 4.76. The van der Waals surface area contributed by atoms with E-state index in [2.05, 4.69) is 25.8 Å². The molecule has 1 amide bonds. The van der Waals surface area contributed by atoms with E-state index in [4.69, 9.17) is 11.6 Å². The average molecular weight is 406 g/mol. The second-order valence-electron chi connectivity index (χ2n) is 5.48. The van der Waals surface area contributed by atoms with Crippen LogP contribution in [0.1, 0.15) is 12.5 Å². The van der Waals surface area contributed by atoms with Crippen LogP contribution in [-0.4, -0.2) is 26.3 Å². The van der Waals surface area contributed by atoms with Crippen molar-refractivity contribution in [2.75, 3.05) is 10.6 Å². The van der Waals surface area contributed by atoms with Gasteiger partial charge >= 0.3 is 0 Å². The van der Waals surface area contributed by atoms with E-state index in [0.717, 1.165) is 11.3 Å². The molecule has 0 saturated carbocycles. The minimum Gasteiger partial charge on any atom is -0.330 e. The molecule has 134 valence electrons. The Balaban J connectivity index is 1.57. The molecule has 0 unspecified atom stereocenters. The number of anilines is 3. The fourth-order valence-corrected chi connectivity index (χ4v) is 4.06. The maximum absolute atomic E-state index is 12.3. The highest BCUT2D eigenvalue weighted by Gasteiger charge is 2.18. The molecule has 0 aliphatic carbocycles. The molecule has 26 heavy (non-hydrogen) atoms. The highest BCUT2D eigenvalue weighted by molar-refractivity contribution is 8.02. The van der Waals surface area contributed by atoms with Crippen molar-refractivity contribution < 1.29 is 4.79 Å². The van der Waals surface area contributed by atoms with Crippen LogP contribution in [0.25, 0.3) is 0 Å². The number of carbonyl (C=O) groups is 1. The Morgan fingerprint density at radius 1 is 1.27 bits per heavy atom.